The molecule has 0 aliphatic heterocycles. The third-order valence-corrected chi connectivity index (χ3v) is 8.27. The predicted molar refractivity (Wildman–Crippen MR) is 179 cm³/mol. The van der Waals surface area contributed by atoms with E-state index in [9.17, 15) is 14.2 Å². The van der Waals surface area contributed by atoms with Crippen molar-refractivity contribution >= 4 is 19.8 Å². The topological polar surface area (TPSA) is 119 Å². The third-order valence-electron chi connectivity index (χ3n) is 7.78. The zero-order valence-corrected chi connectivity index (χ0v) is 29.2. The molecule has 0 amide bonds. The van der Waals surface area contributed by atoms with Gasteiger partial charge in [-0.05, 0) is 38.5 Å². The normalized spacial score (nSPS) is 12.5. The average Bonchev–Trinajstić information content (AvgIpc) is 2.98. The Kier molecular flexibility index (Phi) is 30.9. The molecule has 44 heavy (non-hydrogen) atoms. The van der Waals surface area contributed by atoms with E-state index in [1.165, 1.54) is 103 Å². The van der Waals surface area contributed by atoms with Gasteiger partial charge in [0.2, 0.25) is 0 Å². The molecule has 9 heteroatoms. The maximum atomic E-state index is 12.3. The van der Waals surface area contributed by atoms with Gasteiger partial charge in [0.25, 0.3) is 0 Å². The van der Waals surface area contributed by atoms with Crippen LogP contribution in [0.25, 0.3) is 0 Å². The molecule has 0 fully saturated rings. The van der Waals surface area contributed by atoms with Gasteiger partial charge >= 0.3 is 19.8 Å². The van der Waals surface area contributed by atoms with Gasteiger partial charge in [-0.15, -0.1) is 0 Å². The Balaban J connectivity index is 3.94. The summed E-state index contributed by atoms with van der Waals surface area (Å²) in [6.45, 7) is 3.64. The van der Waals surface area contributed by atoms with E-state index in [0.717, 1.165) is 44.9 Å². The van der Waals surface area contributed by atoms with Crippen molar-refractivity contribution in [2.24, 2.45) is 0 Å². The van der Waals surface area contributed by atoms with Crippen LogP contribution in [0.5, 0.6) is 0 Å². The number of hydrogen-bond acceptors (Lipinski definition) is 6. The number of hydrogen-bond donors (Lipinski definition) is 2. The van der Waals surface area contributed by atoms with E-state index in [4.69, 9.17) is 19.3 Å². The lowest BCUT2D eigenvalue weighted by Gasteiger charge is -2.18. The van der Waals surface area contributed by atoms with Gasteiger partial charge in [0, 0.05) is 12.8 Å². The van der Waals surface area contributed by atoms with Gasteiger partial charge in [-0.3, -0.25) is 14.1 Å². The molecule has 0 saturated heterocycles. The number of allylic oxidation sites excluding steroid dienone is 2. The van der Waals surface area contributed by atoms with Crippen LogP contribution < -0.4 is 0 Å². The molecule has 0 saturated carbocycles. The van der Waals surface area contributed by atoms with E-state index in [1.54, 1.807) is 0 Å². The maximum Gasteiger partial charge on any atom is 0.469 e. The van der Waals surface area contributed by atoms with E-state index in [1.807, 2.05) is 0 Å². The number of unbranched alkanes of at least 4 members (excludes halogenated alkanes) is 21. The molecular weight excluding hydrogens is 579 g/mol. The molecule has 260 valence electrons. The molecule has 0 aliphatic carbocycles. The number of phosphoric ester groups is 1. The largest absolute Gasteiger partial charge is 0.469 e. The molecule has 0 aromatic heterocycles. The van der Waals surface area contributed by atoms with Crippen molar-refractivity contribution in [2.45, 2.75) is 187 Å². The zero-order chi connectivity index (χ0) is 32.6. The smallest absolute Gasteiger partial charge is 0.462 e. The first-order valence-corrected chi connectivity index (χ1v) is 19.5. The van der Waals surface area contributed by atoms with Crippen molar-refractivity contribution in [1.29, 1.82) is 0 Å². The summed E-state index contributed by atoms with van der Waals surface area (Å²) in [5.41, 5.74) is 0. The Morgan fingerprint density at radius 1 is 0.568 bits per heavy atom. The number of esters is 2. The van der Waals surface area contributed by atoms with E-state index in [0.29, 0.717) is 6.42 Å². The SMILES string of the molecule is CCCCCCCC/C=C/CCCCCCCCCC(=O)O[C@H](COC(=O)CCCCCCCCCCC)COP(=O)(O)O. The molecule has 8 nitrogen and oxygen atoms in total. The molecule has 0 aliphatic rings. The van der Waals surface area contributed by atoms with Gasteiger partial charge in [-0.1, -0.05) is 142 Å². The molecular formula is C35H67O8P. The van der Waals surface area contributed by atoms with Gasteiger partial charge < -0.3 is 19.3 Å². The fraction of sp³-hybridized carbons (Fsp3) is 0.886. The number of carbonyl (C=O) groups is 2. The number of rotatable bonds is 33. The van der Waals surface area contributed by atoms with Crippen molar-refractivity contribution in [3.05, 3.63) is 12.2 Å². The second-order valence-corrected chi connectivity index (χ2v) is 13.4. The highest BCUT2D eigenvalue weighted by molar-refractivity contribution is 7.46. The van der Waals surface area contributed by atoms with Crippen LogP contribution in [-0.4, -0.2) is 41.0 Å². The fourth-order valence-electron chi connectivity index (χ4n) is 5.07. The lowest BCUT2D eigenvalue weighted by atomic mass is 10.1. The summed E-state index contributed by atoms with van der Waals surface area (Å²) in [6.07, 6.45) is 32.2. The van der Waals surface area contributed by atoms with E-state index < -0.39 is 32.5 Å². The second kappa shape index (κ2) is 31.8. The van der Waals surface area contributed by atoms with Gasteiger partial charge in [-0.25, -0.2) is 4.57 Å². The minimum Gasteiger partial charge on any atom is -0.462 e. The van der Waals surface area contributed by atoms with Crippen LogP contribution in [0.4, 0.5) is 0 Å². The molecule has 0 aromatic rings. The number of carbonyl (C=O) groups excluding carboxylic acids is 2. The highest BCUT2D eigenvalue weighted by atomic mass is 31.2. The molecule has 0 rings (SSSR count). The molecule has 0 heterocycles. The molecule has 2 N–H and O–H groups in total. The summed E-state index contributed by atoms with van der Waals surface area (Å²) in [5.74, 6) is -0.888. The van der Waals surface area contributed by atoms with Crippen LogP contribution in [0.2, 0.25) is 0 Å². The van der Waals surface area contributed by atoms with Crippen LogP contribution in [0.3, 0.4) is 0 Å². The minimum absolute atomic E-state index is 0.211. The quantitative estimate of drug-likeness (QED) is 0.0313. The highest BCUT2D eigenvalue weighted by Crippen LogP contribution is 2.36. The standard InChI is InChI=1S/C35H67O8P/c1-3-5-7-9-11-13-14-15-16-17-18-19-20-22-24-26-28-30-35(37)43-33(32-42-44(38,39)40)31-41-34(36)29-27-25-23-21-12-10-8-6-4-2/h15-16,33H,3-14,17-32H2,1-2H3,(H2,38,39,40)/b16-15+/t33-/m1/s1. The van der Waals surface area contributed by atoms with Gasteiger partial charge in [0.15, 0.2) is 6.10 Å². The summed E-state index contributed by atoms with van der Waals surface area (Å²) in [6, 6.07) is 0. The molecule has 0 aromatic carbocycles. The van der Waals surface area contributed by atoms with Crippen molar-refractivity contribution in [3.63, 3.8) is 0 Å². The van der Waals surface area contributed by atoms with Gasteiger partial charge in [-0.2, -0.15) is 0 Å². The Morgan fingerprint density at radius 3 is 1.39 bits per heavy atom. The van der Waals surface area contributed by atoms with Crippen LogP contribution in [0.1, 0.15) is 181 Å². The van der Waals surface area contributed by atoms with Crippen LogP contribution in [0.15, 0.2) is 12.2 Å². The summed E-state index contributed by atoms with van der Waals surface area (Å²) < 4.78 is 26.2. The highest BCUT2D eigenvalue weighted by Gasteiger charge is 2.22. The monoisotopic (exact) mass is 646 g/mol. The predicted octanol–water partition coefficient (Wildman–Crippen LogP) is 10.3. The minimum atomic E-state index is -4.74. The van der Waals surface area contributed by atoms with E-state index in [-0.39, 0.29) is 19.4 Å². The van der Waals surface area contributed by atoms with Gasteiger partial charge in [0.1, 0.15) is 6.61 Å². The first-order chi connectivity index (χ1) is 21.3. The van der Waals surface area contributed by atoms with Crippen molar-refractivity contribution in [3.8, 4) is 0 Å². The molecule has 0 radical (unpaired) electrons. The van der Waals surface area contributed by atoms with Crippen LogP contribution >= 0.6 is 7.82 Å². The van der Waals surface area contributed by atoms with E-state index in [2.05, 4.69) is 30.5 Å². The Hall–Kier alpha value is -1.21. The average molecular weight is 647 g/mol. The molecule has 0 bridgehead atoms. The lowest BCUT2D eigenvalue weighted by Crippen LogP contribution is -2.29. The summed E-state index contributed by atoms with van der Waals surface area (Å²) in [5, 5.41) is 0. The zero-order valence-electron chi connectivity index (χ0n) is 28.3. The lowest BCUT2D eigenvalue weighted by molar-refractivity contribution is -0.161. The first kappa shape index (κ1) is 42.8. The third kappa shape index (κ3) is 33.7. The van der Waals surface area contributed by atoms with Crippen molar-refractivity contribution in [1.82, 2.24) is 0 Å². The Morgan fingerprint density at radius 2 is 0.955 bits per heavy atom. The summed E-state index contributed by atoms with van der Waals surface area (Å²) >= 11 is 0. The fourth-order valence-corrected chi connectivity index (χ4v) is 5.43. The van der Waals surface area contributed by atoms with Crippen LogP contribution in [-0.2, 0) is 28.2 Å². The van der Waals surface area contributed by atoms with Gasteiger partial charge in [0.05, 0.1) is 6.61 Å². The summed E-state index contributed by atoms with van der Waals surface area (Å²) in [4.78, 5) is 42.5. The second-order valence-electron chi connectivity index (χ2n) is 12.2. The Labute approximate surface area is 269 Å². The molecule has 0 unspecified atom stereocenters. The molecule has 1 atom stereocenters. The maximum absolute atomic E-state index is 12.3. The number of ether oxygens (including phenoxy) is 2. The van der Waals surface area contributed by atoms with Crippen LogP contribution in [0, 0.1) is 0 Å². The Bertz CT molecular complexity index is 736. The first-order valence-electron chi connectivity index (χ1n) is 18.0. The van der Waals surface area contributed by atoms with Crippen molar-refractivity contribution < 1.29 is 37.9 Å². The molecule has 0 spiro atoms. The number of phosphoric acid groups is 1. The van der Waals surface area contributed by atoms with Crippen molar-refractivity contribution in [2.75, 3.05) is 13.2 Å². The summed E-state index contributed by atoms with van der Waals surface area (Å²) in [7, 11) is -4.74. The van der Waals surface area contributed by atoms with E-state index >= 15 is 0 Å².